The van der Waals surface area contributed by atoms with Crippen LogP contribution in [0.4, 0.5) is 13.2 Å². The fourth-order valence-corrected chi connectivity index (χ4v) is 1.95. The number of hydrogen-bond donors (Lipinski definition) is 1. The van der Waals surface area contributed by atoms with E-state index < -0.39 is 17.5 Å². The van der Waals surface area contributed by atoms with Gasteiger partial charge in [-0.2, -0.15) is 0 Å². The summed E-state index contributed by atoms with van der Waals surface area (Å²) in [6.07, 6.45) is 2.70. The molecule has 1 fully saturated rings. The van der Waals surface area contributed by atoms with Gasteiger partial charge >= 0.3 is 0 Å². The minimum absolute atomic E-state index is 0. The largest absolute Gasteiger partial charge is 0.310 e. The van der Waals surface area contributed by atoms with Crippen LogP contribution in [-0.4, -0.2) is 6.54 Å². The summed E-state index contributed by atoms with van der Waals surface area (Å²) in [6.45, 7) is 0.766. The van der Waals surface area contributed by atoms with E-state index in [9.17, 15) is 13.2 Å². The van der Waals surface area contributed by atoms with Gasteiger partial charge in [0, 0.05) is 17.7 Å². The molecule has 0 amide bonds. The molecule has 0 unspecified atom stereocenters. The molecule has 0 bridgehead atoms. The van der Waals surface area contributed by atoms with Crippen LogP contribution in [0.15, 0.2) is 12.1 Å². The van der Waals surface area contributed by atoms with Gasteiger partial charge in [-0.3, -0.25) is 0 Å². The lowest BCUT2D eigenvalue weighted by molar-refractivity contribution is 0.387. The summed E-state index contributed by atoms with van der Waals surface area (Å²) >= 11 is 0. The lowest BCUT2D eigenvalue weighted by Crippen LogP contribution is -2.27. The first kappa shape index (κ1) is 13.3. The van der Waals surface area contributed by atoms with E-state index in [2.05, 4.69) is 5.32 Å². The maximum atomic E-state index is 13.4. The zero-order valence-electron chi connectivity index (χ0n) is 8.60. The van der Waals surface area contributed by atoms with Gasteiger partial charge < -0.3 is 5.32 Å². The Bertz CT molecular complexity index is 364. The summed E-state index contributed by atoms with van der Waals surface area (Å²) in [5.41, 5.74) is 0.104. The van der Waals surface area contributed by atoms with E-state index >= 15 is 0 Å². The van der Waals surface area contributed by atoms with Gasteiger partial charge in [0.1, 0.15) is 5.82 Å². The molecule has 2 rings (SSSR count). The third kappa shape index (κ3) is 2.68. The lowest BCUT2D eigenvalue weighted by Gasteiger charge is -2.24. The normalized spacial score (nSPS) is 20.3. The molecule has 1 saturated heterocycles. The molecule has 5 heteroatoms. The number of halogens is 4. The van der Waals surface area contributed by atoms with Crippen LogP contribution in [0.2, 0.25) is 0 Å². The Balaban J connectivity index is 0.00000128. The zero-order chi connectivity index (χ0) is 10.8. The van der Waals surface area contributed by atoms with Crippen LogP contribution in [0.1, 0.15) is 30.9 Å². The second-order valence-corrected chi connectivity index (χ2v) is 3.79. The first-order chi connectivity index (χ1) is 7.18. The van der Waals surface area contributed by atoms with Crippen molar-refractivity contribution < 1.29 is 13.2 Å². The molecule has 1 aromatic rings. The van der Waals surface area contributed by atoms with Gasteiger partial charge in [0.2, 0.25) is 0 Å². The first-order valence-electron chi connectivity index (χ1n) is 5.06. The van der Waals surface area contributed by atoms with E-state index in [0.29, 0.717) is 6.07 Å². The van der Waals surface area contributed by atoms with E-state index in [4.69, 9.17) is 0 Å². The van der Waals surface area contributed by atoms with E-state index in [-0.39, 0.29) is 24.0 Å². The predicted molar refractivity (Wildman–Crippen MR) is 58.2 cm³/mol. The molecule has 1 aliphatic heterocycles. The van der Waals surface area contributed by atoms with Crippen molar-refractivity contribution in [2.75, 3.05) is 6.54 Å². The maximum Gasteiger partial charge on any atom is 0.163 e. The Morgan fingerprint density at radius 1 is 1.12 bits per heavy atom. The summed E-state index contributed by atoms with van der Waals surface area (Å²) < 4.78 is 39.3. The molecule has 0 aromatic heterocycles. The average Bonchev–Trinajstić information content (AvgIpc) is 2.24. The monoisotopic (exact) mass is 251 g/mol. The number of piperidine rings is 1. The number of nitrogens with one attached hydrogen (secondary N) is 1. The van der Waals surface area contributed by atoms with Gasteiger partial charge in [-0.05, 0) is 25.5 Å². The molecule has 1 nitrogen and oxygen atoms in total. The minimum Gasteiger partial charge on any atom is -0.310 e. The molecule has 1 heterocycles. The molecule has 1 aromatic carbocycles. The standard InChI is InChI=1S/C11H12F3N.ClH/c12-7-5-8(11(14)9(13)6-7)10-3-1-2-4-15-10;/h5-6,10,15H,1-4H2;1H/t10-;/m1./s1. The van der Waals surface area contributed by atoms with Crippen molar-refractivity contribution in [1.29, 1.82) is 0 Å². The second kappa shape index (κ2) is 5.55. The number of hydrogen-bond acceptors (Lipinski definition) is 1. The van der Waals surface area contributed by atoms with Crippen molar-refractivity contribution in [3.05, 3.63) is 35.1 Å². The minimum atomic E-state index is -1.11. The molecular formula is C11H13ClF3N. The van der Waals surface area contributed by atoms with Gasteiger partial charge in [0.25, 0.3) is 0 Å². The molecule has 16 heavy (non-hydrogen) atoms. The summed E-state index contributed by atoms with van der Waals surface area (Å²) in [7, 11) is 0. The maximum absolute atomic E-state index is 13.4. The van der Waals surface area contributed by atoms with Gasteiger partial charge in [0.15, 0.2) is 11.6 Å². The van der Waals surface area contributed by atoms with Crippen LogP contribution in [0.5, 0.6) is 0 Å². The molecule has 1 aliphatic rings. The van der Waals surface area contributed by atoms with Gasteiger partial charge in [-0.1, -0.05) is 6.42 Å². The van der Waals surface area contributed by atoms with E-state index in [0.717, 1.165) is 31.9 Å². The van der Waals surface area contributed by atoms with Crippen molar-refractivity contribution in [3.8, 4) is 0 Å². The molecular weight excluding hydrogens is 239 g/mol. The predicted octanol–water partition coefficient (Wildman–Crippen LogP) is 3.34. The second-order valence-electron chi connectivity index (χ2n) is 3.79. The summed E-state index contributed by atoms with van der Waals surface area (Å²) in [6, 6.07) is 1.38. The van der Waals surface area contributed by atoms with Crippen LogP contribution >= 0.6 is 12.4 Å². The highest BCUT2D eigenvalue weighted by molar-refractivity contribution is 5.85. The fraction of sp³-hybridized carbons (Fsp3) is 0.455. The Hall–Kier alpha value is -0.740. The number of rotatable bonds is 1. The van der Waals surface area contributed by atoms with Crippen LogP contribution in [0.3, 0.4) is 0 Å². The zero-order valence-corrected chi connectivity index (χ0v) is 9.42. The van der Waals surface area contributed by atoms with Crippen LogP contribution < -0.4 is 5.32 Å². The smallest absolute Gasteiger partial charge is 0.163 e. The summed E-state index contributed by atoms with van der Waals surface area (Å²) in [4.78, 5) is 0. The lowest BCUT2D eigenvalue weighted by atomic mass is 9.97. The van der Waals surface area contributed by atoms with E-state index in [1.165, 1.54) is 0 Å². The summed E-state index contributed by atoms with van der Waals surface area (Å²) in [5, 5.41) is 3.06. The molecule has 0 spiro atoms. The fourth-order valence-electron chi connectivity index (χ4n) is 1.95. The van der Waals surface area contributed by atoms with Gasteiger partial charge in [0.05, 0.1) is 0 Å². The molecule has 0 saturated carbocycles. The quantitative estimate of drug-likeness (QED) is 0.755. The van der Waals surface area contributed by atoms with Crippen LogP contribution in [-0.2, 0) is 0 Å². The van der Waals surface area contributed by atoms with Crippen molar-refractivity contribution in [2.24, 2.45) is 0 Å². The highest BCUT2D eigenvalue weighted by Crippen LogP contribution is 2.27. The average molecular weight is 252 g/mol. The molecule has 0 aliphatic carbocycles. The van der Waals surface area contributed by atoms with Crippen LogP contribution in [0.25, 0.3) is 0 Å². The van der Waals surface area contributed by atoms with Crippen molar-refractivity contribution in [2.45, 2.75) is 25.3 Å². The van der Waals surface area contributed by atoms with Crippen molar-refractivity contribution in [3.63, 3.8) is 0 Å². The Morgan fingerprint density at radius 3 is 2.50 bits per heavy atom. The summed E-state index contributed by atoms with van der Waals surface area (Å²) in [5.74, 6) is -2.77. The molecule has 0 radical (unpaired) electrons. The highest BCUT2D eigenvalue weighted by Gasteiger charge is 2.21. The van der Waals surface area contributed by atoms with Gasteiger partial charge in [-0.15, -0.1) is 12.4 Å². The van der Waals surface area contributed by atoms with Gasteiger partial charge in [-0.25, -0.2) is 13.2 Å². The van der Waals surface area contributed by atoms with E-state index in [1.807, 2.05) is 0 Å². The number of benzene rings is 1. The molecule has 90 valence electrons. The highest BCUT2D eigenvalue weighted by atomic mass is 35.5. The van der Waals surface area contributed by atoms with Crippen LogP contribution in [0, 0.1) is 17.5 Å². The van der Waals surface area contributed by atoms with E-state index in [1.54, 1.807) is 0 Å². The third-order valence-electron chi connectivity index (χ3n) is 2.71. The van der Waals surface area contributed by atoms with Crippen molar-refractivity contribution in [1.82, 2.24) is 5.32 Å². The Kier molecular flexibility index (Phi) is 4.62. The Labute approximate surface area is 98.4 Å². The molecule has 1 atom stereocenters. The first-order valence-corrected chi connectivity index (χ1v) is 5.06. The third-order valence-corrected chi connectivity index (χ3v) is 2.71. The Morgan fingerprint density at radius 2 is 1.88 bits per heavy atom. The SMILES string of the molecule is Cl.Fc1cc(F)c(F)c([C@H]2CCCCN2)c1. The topological polar surface area (TPSA) is 12.0 Å². The molecule has 1 N–H and O–H groups in total. The van der Waals surface area contributed by atoms with Crippen molar-refractivity contribution >= 4 is 12.4 Å².